The third kappa shape index (κ3) is 4.78. The zero-order chi connectivity index (χ0) is 23.2. The maximum Gasteiger partial charge on any atom is 0.229 e. The fourth-order valence-corrected chi connectivity index (χ4v) is 5.65. The van der Waals surface area contributed by atoms with E-state index in [0.717, 1.165) is 62.2 Å². The van der Waals surface area contributed by atoms with E-state index in [-0.39, 0.29) is 5.60 Å². The van der Waals surface area contributed by atoms with Gasteiger partial charge in [-0.2, -0.15) is 0 Å². The van der Waals surface area contributed by atoms with Gasteiger partial charge >= 0.3 is 0 Å². The number of nitrogens with zero attached hydrogens (tertiary/aromatic N) is 3. The van der Waals surface area contributed by atoms with Gasteiger partial charge in [0, 0.05) is 29.6 Å². The normalized spacial score (nSPS) is 15.5. The lowest BCUT2D eigenvalue weighted by Crippen LogP contribution is -2.32. The number of hydrogen-bond acceptors (Lipinski definition) is 8. The van der Waals surface area contributed by atoms with E-state index in [2.05, 4.69) is 39.9 Å². The lowest BCUT2D eigenvalue weighted by molar-refractivity contribution is -0.0411. The summed E-state index contributed by atoms with van der Waals surface area (Å²) < 4.78 is 32.1. The molecule has 0 saturated carbocycles. The molecular formula is C23H25N5O3S2. The summed E-state index contributed by atoms with van der Waals surface area (Å²) >= 11 is 1.61. The number of sulfonamides is 1. The van der Waals surface area contributed by atoms with Gasteiger partial charge in [-0.15, -0.1) is 11.3 Å². The van der Waals surface area contributed by atoms with Crippen molar-refractivity contribution < 1.29 is 13.2 Å². The van der Waals surface area contributed by atoms with Gasteiger partial charge in [-0.1, -0.05) is 12.1 Å². The number of ether oxygens (including phenoxy) is 1. The van der Waals surface area contributed by atoms with E-state index in [1.165, 1.54) is 0 Å². The Balaban J connectivity index is 1.34. The van der Waals surface area contributed by atoms with E-state index in [4.69, 9.17) is 9.72 Å². The summed E-state index contributed by atoms with van der Waals surface area (Å²) in [5.74, 6) is 0.799. The minimum atomic E-state index is -3.27. The summed E-state index contributed by atoms with van der Waals surface area (Å²) in [4.78, 5) is 14.9. The van der Waals surface area contributed by atoms with Crippen LogP contribution in [-0.2, 0) is 34.2 Å². The van der Waals surface area contributed by atoms with Crippen molar-refractivity contribution in [3.63, 3.8) is 0 Å². The second kappa shape index (κ2) is 8.19. The second-order valence-electron chi connectivity index (χ2n) is 8.92. The average molecular weight is 484 g/mol. The van der Waals surface area contributed by atoms with E-state index in [0.29, 0.717) is 18.8 Å². The van der Waals surface area contributed by atoms with E-state index in [1.54, 1.807) is 29.8 Å². The number of thiophene rings is 1. The monoisotopic (exact) mass is 483 g/mol. The molecule has 0 aliphatic carbocycles. The van der Waals surface area contributed by atoms with Crippen LogP contribution in [0.4, 0.5) is 11.5 Å². The number of fused-ring (bicyclic) bond motifs is 4. The number of hydrogen-bond donors (Lipinski definition) is 2. The molecule has 5 rings (SSSR count). The predicted octanol–water partition coefficient (Wildman–Crippen LogP) is 4.12. The van der Waals surface area contributed by atoms with Crippen LogP contribution in [0.25, 0.3) is 20.4 Å². The molecular weight excluding hydrogens is 458 g/mol. The van der Waals surface area contributed by atoms with Crippen LogP contribution in [0, 0.1) is 0 Å². The van der Waals surface area contributed by atoms with Gasteiger partial charge in [0.1, 0.15) is 17.0 Å². The number of nitrogens with one attached hydrogen (secondary N) is 2. The molecule has 0 bridgehead atoms. The van der Waals surface area contributed by atoms with Gasteiger partial charge in [-0.05, 0) is 44.0 Å². The van der Waals surface area contributed by atoms with Gasteiger partial charge in [0.05, 0.1) is 34.4 Å². The van der Waals surface area contributed by atoms with Gasteiger partial charge < -0.3 is 10.1 Å². The molecule has 0 radical (unpaired) electrons. The number of rotatable bonds is 6. The summed E-state index contributed by atoms with van der Waals surface area (Å²) in [6.07, 6.45) is 4.29. The van der Waals surface area contributed by atoms with Crippen LogP contribution in [-0.4, -0.2) is 41.8 Å². The highest BCUT2D eigenvalue weighted by atomic mass is 32.2. The highest BCUT2D eigenvalue weighted by Gasteiger charge is 2.28. The summed E-state index contributed by atoms with van der Waals surface area (Å²) in [5.41, 5.74) is 4.59. The van der Waals surface area contributed by atoms with Gasteiger partial charge in [-0.25, -0.2) is 23.4 Å². The zero-order valence-corrected chi connectivity index (χ0v) is 20.3. The first-order valence-corrected chi connectivity index (χ1v) is 13.4. The molecule has 8 nitrogen and oxygen atoms in total. The van der Waals surface area contributed by atoms with E-state index in [1.807, 2.05) is 12.1 Å². The van der Waals surface area contributed by atoms with Crippen molar-refractivity contribution >= 4 is 53.3 Å². The van der Waals surface area contributed by atoms with Gasteiger partial charge in [0.25, 0.3) is 0 Å². The van der Waals surface area contributed by atoms with Crippen LogP contribution in [0.1, 0.15) is 30.7 Å². The van der Waals surface area contributed by atoms with Crippen molar-refractivity contribution in [2.75, 3.05) is 22.8 Å². The van der Waals surface area contributed by atoms with Crippen LogP contribution in [0.2, 0.25) is 0 Å². The lowest BCUT2D eigenvalue weighted by atomic mass is 9.95. The lowest BCUT2D eigenvalue weighted by Gasteiger charge is -2.30. The van der Waals surface area contributed by atoms with Crippen LogP contribution >= 0.6 is 11.3 Å². The van der Waals surface area contributed by atoms with E-state index >= 15 is 0 Å². The molecule has 1 aliphatic rings. The van der Waals surface area contributed by atoms with Crippen molar-refractivity contribution in [3.05, 3.63) is 53.5 Å². The van der Waals surface area contributed by atoms with Crippen molar-refractivity contribution in [2.24, 2.45) is 0 Å². The fourth-order valence-electron chi connectivity index (χ4n) is 3.99. The molecule has 4 heterocycles. The van der Waals surface area contributed by atoms with Crippen LogP contribution < -0.4 is 10.0 Å². The molecule has 0 spiro atoms. The third-order valence-electron chi connectivity index (χ3n) is 5.59. The van der Waals surface area contributed by atoms with Gasteiger partial charge in [-0.3, -0.25) is 4.72 Å². The molecule has 0 fully saturated rings. The second-order valence-corrected chi connectivity index (χ2v) is 11.7. The molecule has 2 N–H and O–H groups in total. The highest BCUT2D eigenvalue weighted by Crippen LogP contribution is 2.37. The Morgan fingerprint density at radius 3 is 2.73 bits per heavy atom. The fraction of sp³-hybridized carbons (Fsp3) is 0.348. The van der Waals surface area contributed by atoms with Gasteiger partial charge in [0.15, 0.2) is 0 Å². The molecule has 33 heavy (non-hydrogen) atoms. The summed E-state index contributed by atoms with van der Waals surface area (Å²) in [6, 6.07) is 9.53. The first kappa shape index (κ1) is 22.0. The van der Waals surface area contributed by atoms with Crippen molar-refractivity contribution in [3.8, 4) is 0 Å². The number of anilines is 2. The average Bonchev–Trinajstić information content (AvgIpc) is 3.10. The Hall–Kier alpha value is -2.82. The van der Waals surface area contributed by atoms with Crippen molar-refractivity contribution in [1.29, 1.82) is 0 Å². The number of benzene rings is 1. The Bertz CT molecular complexity index is 1450. The molecule has 10 heteroatoms. The van der Waals surface area contributed by atoms with Crippen LogP contribution in [0.3, 0.4) is 0 Å². The molecule has 0 atom stereocenters. The van der Waals surface area contributed by atoms with E-state index in [9.17, 15) is 8.42 Å². The molecule has 1 aromatic carbocycles. The molecule has 4 aromatic rings. The summed E-state index contributed by atoms with van der Waals surface area (Å²) in [7, 11) is -3.27. The van der Waals surface area contributed by atoms with Crippen molar-refractivity contribution in [1.82, 2.24) is 15.0 Å². The summed E-state index contributed by atoms with van der Waals surface area (Å²) in [5, 5.41) is 4.47. The largest absolute Gasteiger partial charge is 0.370 e. The molecule has 3 aromatic heterocycles. The maximum atomic E-state index is 11.3. The standard InChI is InChI=1S/C23H25N5O3S2/c1-23(2)11-18-15(12-31-23)10-17-19-20(32-22(17)27-18)21(26-13-25-19)24-9-8-14-4-6-16(7-5-14)28-33(3,29)30/h4-7,10,13,28H,8-9,11-12H2,1-3H3,(H,24,25,26). The Morgan fingerprint density at radius 2 is 1.97 bits per heavy atom. The minimum Gasteiger partial charge on any atom is -0.370 e. The Labute approximate surface area is 196 Å². The predicted molar refractivity (Wildman–Crippen MR) is 132 cm³/mol. The zero-order valence-electron chi connectivity index (χ0n) is 18.7. The maximum absolute atomic E-state index is 11.3. The first-order chi connectivity index (χ1) is 15.7. The Morgan fingerprint density at radius 1 is 1.18 bits per heavy atom. The van der Waals surface area contributed by atoms with Crippen LogP contribution in [0.5, 0.6) is 0 Å². The summed E-state index contributed by atoms with van der Waals surface area (Å²) in [6.45, 7) is 5.44. The molecule has 1 aliphatic heterocycles. The smallest absolute Gasteiger partial charge is 0.229 e. The van der Waals surface area contributed by atoms with E-state index < -0.39 is 10.0 Å². The highest BCUT2D eigenvalue weighted by molar-refractivity contribution is 7.92. The number of pyridine rings is 1. The molecule has 172 valence electrons. The third-order valence-corrected chi connectivity index (χ3v) is 7.29. The van der Waals surface area contributed by atoms with Crippen LogP contribution in [0.15, 0.2) is 36.7 Å². The molecule has 0 amide bonds. The molecule has 0 unspecified atom stereocenters. The first-order valence-electron chi connectivity index (χ1n) is 10.7. The molecule has 0 saturated heterocycles. The van der Waals surface area contributed by atoms with Gasteiger partial charge in [0.2, 0.25) is 10.0 Å². The topological polar surface area (TPSA) is 106 Å². The Kier molecular flexibility index (Phi) is 5.46. The minimum absolute atomic E-state index is 0.198. The van der Waals surface area contributed by atoms with Crippen molar-refractivity contribution in [2.45, 2.75) is 38.9 Å². The SMILES string of the molecule is CC1(C)Cc2nc3sc4c(NCCc5ccc(NS(C)(=O)=O)cc5)ncnc4c3cc2CO1. The number of aromatic nitrogens is 3. The quantitative estimate of drug-likeness (QED) is 0.425.